The molecule has 0 bridgehead atoms. The molecule has 8 aromatic carbocycles. The molecule has 50 heavy (non-hydrogen) atoms. The Kier molecular flexibility index (Phi) is 6.34. The van der Waals surface area contributed by atoms with E-state index in [0.29, 0.717) is 0 Å². The van der Waals surface area contributed by atoms with Gasteiger partial charge in [-0.2, -0.15) is 0 Å². The third kappa shape index (κ3) is 4.28. The summed E-state index contributed by atoms with van der Waals surface area (Å²) in [6.07, 6.45) is 0. The van der Waals surface area contributed by atoms with Crippen LogP contribution < -0.4 is 4.90 Å². The molecule has 0 N–H and O–H groups in total. The van der Waals surface area contributed by atoms with Gasteiger partial charge in [-0.25, -0.2) is 0 Å². The molecule has 2 heteroatoms. The minimum atomic E-state index is -0.291. The average Bonchev–Trinajstić information content (AvgIpc) is 3.69. The molecular weight excluding hydrogens is 607 g/mol. The van der Waals surface area contributed by atoms with Gasteiger partial charge in [0.05, 0.1) is 5.69 Å². The monoisotopic (exact) mass is 639 g/mol. The van der Waals surface area contributed by atoms with Crippen molar-refractivity contribution in [1.29, 1.82) is 0 Å². The van der Waals surface area contributed by atoms with Crippen LogP contribution in [0.3, 0.4) is 0 Å². The molecule has 0 saturated heterocycles. The van der Waals surface area contributed by atoms with Gasteiger partial charge in [-0.1, -0.05) is 146 Å². The lowest BCUT2D eigenvalue weighted by Gasteiger charge is -2.28. The number of hydrogen-bond donors (Lipinski definition) is 0. The summed E-state index contributed by atoms with van der Waals surface area (Å²) >= 11 is 0. The highest BCUT2D eigenvalue weighted by atomic mass is 16.3. The normalized spacial score (nSPS) is 13.1. The van der Waals surface area contributed by atoms with E-state index in [1.807, 2.05) is 0 Å². The molecule has 10 rings (SSSR count). The zero-order valence-corrected chi connectivity index (χ0v) is 27.7. The van der Waals surface area contributed by atoms with Crippen molar-refractivity contribution in [2.24, 2.45) is 0 Å². The molecule has 0 amide bonds. The summed E-state index contributed by atoms with van der Waals surface area (Å²) < 4.78 is 6.97. The first kappa shape index (κ1) is 28.6. The fourth-order valence-electron chi connectivity index (χ4n) is 8.21. The van der Waals surface area contributed by atoms with Crippen LogP contribution >= 0.6 is 0 Å². The molecule has 0 aliphatic heterocycles. The molecule has 0 atom stereocenters. The van der Waals surface area contributed by atoms with Crippen LogP contribution in [0.1, 0.15) is 23.6 Å². The standard InChI is InChI=1S/C48H33NO/c1-48(43-19-9-7-16-39(43)40-17-8-10-20-44(40)48)36-25-29-41-42-18-11-21-45(47(42)50-46(41)31-36)49(38-28-24-33-14-5-6-15-35(33)30-38)37-26-22-34(23-27-37)32-12-3-2-4-13-32/h2-31H,1H3. The van der Waals surface area contributed by atoms with Crippen molar-refractivity contribution in [3.05, 3.63) is 199 Å². The molecule has 1 aromatic heterocycles. The summed E-state index contributed by atoms with van der Waals surface area (Å²) in [5, 5.41) is 4.64. The van der Waals surface area contributed by atoms with E-state index in [1.165, 1.54) is 49.7 Å². The first-order chi connectivity index (χ1) is 24.7. The number of furan rings is 1. The third-order valence-electron chi connectivity index (χ3n) is 10.7. The zero-order chi connectivity index (χ0) is 33.2. The quantitative estimate of drug-likeness (QED) is 0.186. The Bertz CT molecular complexity index is 2670. The van der Waals surface area contributed by atoms with Crippen LogP contribution in [-0.4, -0.2) is 0 Å². The van der Waals surface area contributed by atoms with Gasteiger partial charge < -0.3 is 9.32 Å². The highest BCUT2D eigenvalue weighted by molar-refractivity contribution is 6.10. The number of fused-ring (bicyclic) bond motifs is 7. The minimum absolute atomic E-state index is 0.291. The van der Waals surface area contributed by atoms with E-state index in [4.69, 9.17) is 4.42 Å². The van der Waals surface area contributed by atoms with Crippen LogP contribution in [0.15, 0.2) is 186 Å². The van der Waals surface area contributed by atoms with Gasteiger partial charge in [0.25, 0.3) is 0 Å². The van der Waals surface area contributed by atoms with E-state index in [1.54, 1.807) is 0 Å². The lowest BCUT2D eigenvalue weighted by Crippen LogP contribution is -2.22. The van der Waals surface area contributed by atoms with E-state index in [2.05, 4.69) is 194 Å². The van der Waals surface area contributed by atoms with Crippen molar-refractivity contribution in [1.82, 2.24) is 0 Å². The van der Waals surface area contributed by atoms with Gasteiger partial charge >= 0.3 is 0 Å². The molecule has 0 saturated carbocycles. The van der Waals surface area contributed by atoms with Crippen LogP contribution in [0.25, 0.3) is 55.0 Å². The second kappa shape index (κ2) is 11.1. The fourth-order valence-corrected chi connectivity index (χ4v) is 8.21. The molecule has 1 aliphatic rings. The maximum Gasteiger partial charge on any atom is 0.159 e. The van der Waals surface area contributed by atoms with Gasteiger partial charge in [-0.15, -0.1) is 0 Å². The van der Waals surface area contributed by atoms with E-state index < -0.39 is 0 Å². The topological polar surface area (TPSA) is 16.4 Å². The minimum Gasteiger partial charge on any atom is -0.454 e. The summed E-state index contributed by atoms with van der Waals surface area (Å²) in [4.78, 5) is 2.33. The van der Waals surface area contributed by atoms with E-state index in [9.17, 15) is 0 Å². The number of hydrogen-bond acceptors (Lipinski definition) is 2. The summed E-state index contributed by atoms with van der Waals surface area (Å²) in [6.45, 7) is 2.35. The van der Waals surface area contributed by atoms with Crippen LogP contribution in [-0.2, 0) is 5.41 Å². The second-order valence-electron chi connectivity index (χ2n) is 13.5. The summed E-state index contributed by atoms with van der Waals surface area (Å²) in [6, 6.07) is 65.6. The van der Waals surface area contributed by atoms with Gasteiger partial charge in [-0.05, 0) is 93.0 Å². The Hall–Kier alpha value is -6.38. The highest BCUT2D eigenvalue weighted by Gasteiger charge is 2.40. The van der Waals surface area contributed by atoms with Crippen molar-refractivity contribution in [3.63, 3.8) is 0 Å². The van der Waals surface area contributed by atoms with Crippen LogP contribution in [0, 0.1) is 0 Å². The van der Waals surface area contributed by atoms with Gasteiger partial charge in [-0.3, -0.25) is 0 Å². The van der Waals surface area contributed by atoms with E-state index in [0.717, 1.165) is 39.0 Å². The van der Waals surface area contributed by atoms with Crippen LogP contribution in [0.5, 0.6) is 0 Å². The van der Waals surface area contributed by atoms with E-state index >= 15 is 0 Å². The number of rotatable bonds is 5. The van der Waals surface area contributed by atoms with Crippen LogP contribution in [0.4, 0.5) is 17.1 Å². The van der Waals surface area contributed by atoms with Gasteiger partial charge in [0.1, 0.15) is 5.58 Å². The molecule has 2 nitrogen and oxygen atoms in total. The lowest BCUT2D eigenvalue weighted by atomic mass is 9.74. The molecule has 0 radical (unpaired) electrons. The number of para-hydroxylation sites is 1. The van der Waals surface area contributed by atoms with Crippen molar-refractivity contribution in [3.8, 4) is 22.3 Å². The van der Waals surface area contributed by atoms with Crippen molar-refractivity contribution in [2.45, 2.75) is 12.3 Å². The second-order valence-corrected chi connectivity index (χ2v) is 13.5. The smallest absolute Gasteiger partial charge is 0.159 e. The van der Waals surface area contributed by atoms with Crippen LogP contribution in [0.2, 0.25) is 0 Å². The highest BCUT2D eigenvalue weighted by Crippen LogP contribution is 2.53. The SMILES string of the molecule is CC1(c2ccc3c(c2)oc2c(N(c4ccc(-c5ccccc5)cc4)c4ccc5ccccc5c4)cccc23)c2ccccc2-c2ccccc21. The molecular formula is C48H33NO. The summed E-state index contributed by atoms with van der Waals surface area (Å²) in [5.74, 6) is 0. The fraction of sp³-hybridized carbons (Fsp3) is 0.0417. The Morgan fingerprint density at radius 1 is 0.460 bits per heavy atom. The number of nitrogens with zero attached hydrogens (tertiary/aromatic N) is 1. The molecule has 9 aromatic rings. The Balaban J connectivity index is 1.16. The van der Waals surface area contributed by atoms with Gasteiger partial charge in [0.2, 0.25) is 0 Å². The zero-order valence-electron chi connectivity index (χ0n) is 27.7. The molecule has 0 unspecified atom stereocenters. The van der Waals surface area contributed by atoms with E-state index in [-0.39, 0.29) is 5.41 Å². The molecule has 0 spiro atoms. The summed E-state index contributed by atoms with van der Waals surface area (Å²) in [5.41, 5.74) is 13.5. The Labute approximate surface area is 291 Å². The molecule has 1 aliphatic carbocycles. The largest absolute Gasteiger partial charge is 0.454 e. The first-order valence-corrected chi connectivity index (χ1v) is 17.3. The first-order valence-electron chi connectivity index (χ1n) is 17.3. The van der Waals surface area contributed by atoms with Crippen molar-refractivity contribution >= 4 is 49.8 Å². The van der Waals surface area contributed by atoms with Gasteiger partial charge in [0.15, 0.2) is 5.58 Å². The third-order valence-corrected chi connectivity index (χ3v) is 10.7. The predicted molar refractivity (Wildman–Crippen MR) is 209 cm³/mol. The maximum atomic E-state index is 6.97. The molecule has 1 heterocycles. The summed E-state index contributed by atoms with van der Waals surface area (Å²) in [7, 11) is 0. The van der Waals surface area contributed by atoms with Crippen molar-refractivity contribution in [2.75, 3.05) is 4.90 Å². The van der Waals surface area contributed by atoms with Crippen molar-refractivity contribution < 1.29 is 4.42 Å². The lowest BCUT2D eigenvalue weighted by molar-refractivity contribution is 0.662. The molecule has 0 fully saturated rings. The predicted octanol–water partition coefficient (Wildman–Crippen LogP) is 13.2. The molecule has 236 valence electrons. The number of anilines is 3. The Morgan fingerprint density at radius 2 is 1.10 bits per heavy atom. The maximum absolute atomic E-state index is 6.97. The number of benzene rings is 8. The van der Waals surface area contributed by atoms with Gasteiger partial charge in [0, 0.05) is 27.6 Å². The average molecular weight is 640 g/mol. The Morgan fingerprint density at radius 3 is 1.86 bits per heavy atom.